The molecule has 0 aromatic rings. The minimum atomic E-state index is -4.62. The predicted octanol–water partition coefficient (Wildman–Crippen LogP) is 4.81. The molecule has 0 aromatic heterocycles. The minimum absolute atomic E-state index is 0.274. The first-order valence-electron chi connectivity index (χ1n) is 10.7. The van der Waals surface area contributed by atoms with Gasteiger partial charge in [0.2, 0.25) is 0 Å². The van der Waals surface area contributed by atoms with Crippen LogP contribution < -0.4 is 0 Å². The van der Waals surface area contributed by atoms with Crippen LogP contribution in [-0.4, -0.2) is 40.2 Å². The molecule has 0 amide bonds. The van der Waals surface area contributed by atoms with Crippen molar-refractivity contribution in [2.24, 2.45) is 0 Å². The van der Waals surface area contributed by atoms with E-state index in [-0.39, 0.29) is 13.0 Å². The van der Waals surface area contributed by atoms with Crippen LogP contribution in [-0.2, 0) is 18.6 Å². The van der Waals surface area contributed by atoms with E-state index in [1.165, 1.54) is 25.7 Å². The second kappa shape index (κ2) is 19.0. The molecule has 0 spiro atoms. The van der Waals surface area contributed by atoms with Gasteiger partial charge in [0.25, 0.3) is 0 Å². The highest BCUT2D eigenvalue weighted by atomic mass is 31.2. The van der Waals surface area contributed by atoms with E-state index < -0.39 is 26.5 Å². The van der Waals surface area contributed by atoms with Crippen molar-refractivity contribution in [3.8, 4) is 0 Å². The number of aliphatic hydroxyl groups is 1. The molecule has 0 aliphatic rings. The van der Waals surface area contributed by atoms with E-state index in [1.54, 1.807) is 0 Å². The second-order valence-electron chi connectivity index (χ2n) is 7.10. The van der Waals surface area contributed by atoms with Crippen molar-refractivity contribution in [1.29, 1.82) is 0 Å². The smallest absolute Gasteiger partial charge is 0.463 e. The molecule has 0 aromatic carbocycles. The predicted molar refractivity (Wildman–Crippen MR) is 114 cm³/mol. The third-order valence-corrected chi connectivity index (χ3v) is 4.69. The molecule has 0 heterocycles. The summed E-state index contributed by atoms with van der Waals surface area (Å²) in [5.74, 6) is -0.425. The average Bonchev–Trinajstić information content (AvgIpc) is 2.67. The van der Waals surface area contributed by atoms with Gasteiger partial charge in [-0.25, -0.2) is 4.57 Å². The summed E-state index contributed by atoms with van der Waals surface area (Å²) in [6.45, 7) is 1.30. The van der Waals surface area contributed by atoms with Crippen molar-refractivity contribution >= 4 is 13.8 Å². The summed E-state index contributed by atoms with van der Waals surface area (Å²) in [6, 6.07) is 0. The fourth-order valence-electron chi connectivity index (χ4n) is 2.57. The molecule has 0 aliphatic heterocycles. The number of phosphoric acid groups is 1. The molecule has 8 heteroatoms. The average molecular weight is 435 g/mol. The molecule has 29 heavy (non-hydrogen) atoms. The van der Waals surface area contributed by atoms with Gasteiger partial charge in [0.1, 0.15) is 12.7 Å². The normalized spacial score (nSPS) is 13.4. The minimum Gasteiger partial charge on any atom is -0.463 e. The van der Waals surface area contributed by atoms with E-state index in [0.717, 1.165) is 44.9 Å². The monoisotopic (exact) mass is 434 g/mol. The molecule has 0 radical (unpaired) electrons. The summed E-state index contributed by atoms with van der Waals surface area (Å²) >= 11 is 0. The van der Waals surface area contributed by atoms with Crippen LogP contribution in [0.1, 0.15) is 84.0 Å². The quantitative estimate of drug-likeness (QED) is 0.116. The van der Waals surface area contributed by atoms with Crippen LogP contribution in [0.3, 0.4) is 0 Å². The van der Waals surface area contributed by atoms with Crippen LogP contribution in [0.4, 0.5) is 0 Å². The van der Waals surface area contributed by atoms with Gasteiger partial charge in [0.15, 0.2) is 0 Å². The third kappa shape index (κ3) is 23.2. The zero-order chi connectivity index (χ0) is 21.8. The first-order valence-corrected chi connectivity index (χ1v) is 12.2. The summed E-state index contributed by atoms with van der Waals surface area (Å²) in [6.07, 6.45) is 20.1. The van der Waals surface area contributed by atoms with Crippen molar-refractivity contribution in [3.05, 3.63) is 24.3 Å². The second-order valence-corrected chi connectivity index (χ2v) is 8.34. The summed E-state index contributed by atoms with van der Waals surface area (Å²) in [5, 5.41) is 9.41. The molecule has 0 saturated heterocycles. The van der Waals surface area contributed by atoms with Gasteiger partial charge in [0.05, 0.1) is 6.61 Å². The van der Waals surface area contributed by atoms with Crippen LogP contribution in [0, 0.1) is 0 Å². The molecule has 3 N–H and O–H groups in total. The Labute approximate surface area is 175 Å². The van der Waals surface area contributed by atoms with Gasteiger partial charge in [-0.1, -0.05) is 63.3 Å². The molecule has 0 unspecified atom stereocenters. The molecule has 0 bridgehead atoms. The Balaban J connectivity index is 3.44. The molecular formula is C21H39O7P. The molecule has 0 rings (SSSR count). The van der Waals surface area contributed by atoms with Crippen LogP contribution in [0.15, 0.2) is 24.3 Å². The van der Waals surface area contributed by atoms with E-state index in [0.29, 0.717) is 0 Å². The Kier molecular flexibility index (Phi) is 18.4. The van der Waals surface area contributed by atoms with Crippen LogP contribution in [0.25, 0.3) is 0 Å². The van der Waals surface area contributed by atoms with Gasteiger partial charge >= 0.3 is 13.8 Å². The van der Waals surface area contributed by atoms with Crippen LogP contribution in [0.2, 0.25) is 0 Å². The van der Waals surface area contributed by atoms with Crippen molar-refractivity contribution in [2.75, 3.05) is 13.2 Å². The molecule has 1 atom stereocenters. The number of allylic oxidation sites excluding steroid dienone is 4. The maximum atomic E-state index is 11.5. The molecule has 0 saturated carbocycles. The van der Waals surface area contributed by atoms with E-state index in [9.17, 15) is 14.5 Å². The van der Waals surface area contributed by atoms with Gasteiger partial charge in [0, 0.05) is 6.42 Å². The summed E-state index contributed by atoms with van der Waals surface area (Å²) in [5.41, 5.74) is 0. The number of hydrogen-bond donors (Lipinski definition) is 3. The number of rotatable bonds is 19. The van der Waals surface area contributed by atoms with Gasteiger partial charge in [-0.05, 0) is 38.5 Å². The first kappa shape index (κ1) is 28.0. The number of carbonyl (C=O) groups excluding carboxylic acids is 1. The Morgan fingerprint density at radius 1 is 0.897 bits per heavy atom. The van der Waals surface area contributed by atoms with E-state index >= 15 is 0 Å². The molecule has 7 nitrogen and oxygen atoms in total. The van der Waals surface area contributed by atoms with Crippen LogP contribution in [0.5, 0.6) is 0 Å². The van der Waals surface area contributed by atoms with Crippen molar-refractivity contribution in [2.45, 2.75) is 90.1 Å². The van der Waals surface area contributed by atoms with E-state index in [4.69, 9.17) is 14.5 Å². The maximum Gasteiger partial charge on any atom is 0.469 e. The van der Waals surface area contributed by atoms with Crippen LogP contribution >= 0.6 is 7.82 Å². The number of phosphoric ester groups is 1. The summed E-state index contributed by atoms with van der Waals surface area (Å²) in [7, 11) is -4.62. The fraction of sp³-hybridized carbons (Fsp3) is 0.762. The molecule has 0 fully saturated rings. The Bertz CT molecular complexity index is 499. The lowest BCUT2D eigenvalue weighted by atomic mass is 10.1. The van der Waals surface area contributed by atoms with E-state index in [2.05, 4.69) is 35.8 Å². The Morgan fingerprint density at radius 2 is 1.48 bits per heavy atom. The number of unbranched alkanes of at least 4 members (excludes halogenated alkanes) is 8. The van der Waals surface area contributed by atoms with Crippen molar-refractivity contribution < 1.29 is 33.5 Å². The lowest BCUT2D eigenvalue weighted by Gasteiger charge is -2.12. The lowest BCUT2D eigenvalue weighted by Crippen LogP contribution is -2.23. The van der Waals surface area contributed by atoms with Gasteiger partial charge in [-0.2, -0.15) is 0 Å². The number of carbonyl (C=O) groups is 1. The topological polar surface area (TPSA) is 113 Å². The lowest BCUT2D eigenvalue weighted by molar-refractivity contribution is -0.147. The highest BCUT2D eigenvalue weighted by Gasteiger charge is 2.17. The Hall–Kier alpha value is -0.980. The van der Waals surface area contributed by atoms with Crippen molar-refractivity contribution in [1.82, 2.24) is 0 Å². The zero-order valence-electron chi connectivity index (χ0n) is 17.7. The standard InChI is InChI=1S/C21H39O7P/c1-2-3-4-5-6-7-8-9-10-11-12-13-14-15-16-17-21(23)27-18-20(22)19-28-29(24,25)26/h6-7,9-10,20,22H,2-5,8,11-19H2,1H3,(H2,24,25,26)/b7-6-,10-9-/t20-/m1/s1. The number of aliphatic hydroxyl groups excluding tert-OH is 1. The molecule has 0 aliphatic carbocycles. The molecule has 170 valence electrons. The zero-order valence-corrected chi connectivity index (χ0v) is 18.6. The number of esters is 1. The first-order chi connectivity index (χ1) is 13.8. The fourth-order valence-corrected chi connectivity index (χ4v) is 2.94. The highest BCUT2D eigenvalue weighted by Crippen LogP contribution is 2.35. The van der Waals surface area contributed by atoms with Crippen molar-refractivity contribution in [3.63, 3.8) is 0 Å². The largest absolute Gasteiger partial charge is 0.469 e. The van der Waals surface area contributed by atoms with E-state index in [1.807, 2.05) is 0 Å². The summed E-state index contributed by atoms with van der Waals surface area (Å²) < 4.78 is 19.5. The third-order valence-electron chi connectivity index (χ3n) is 4.20. The SMILES string of the molecule is CCCCC/C=C\C/C=C\CCCCCCCC(=O)OC[C@@H](O)COP(=O)(O)O. The van der Waals surface area contributed by atoms with Gasteiger partial charge < -0.3 is 19.6 Å². The van der Waals surface area contributed by atoms with Gasteiger partial charge in [-0.3, -0.25) is 9.32 Å². The number of ether oxygens (including phenoxy) is 1. The molecular weight excluding hydrogens is 395 g/mol. The highest BCUT2D eigenvalue weighted by molar-refractivity contribution is 7.46. The number of hydrogen-bond acceptors (Lipinski definition) is 5. The maximum absolute atomic E-state index is 11.5. The summed E-state index contributed by atoms with van der Waals surface area (Å²) in [4.78, 5) is 28.6. The van der Waals surface area contributed by atoms with Gasteiger partial charge in [-0.15, -0.1) is 0 Å². The Morgan fingerprint density at radius 3 is 2.10 bits per heavy atom.